The Kier molecular flexibility index (Phi) is 6.18. The van der Waals surface area contributed by atoms with E-state index in [0.717, 1.165) is 24.9 Å². The zero-order chi connectivity index (χ0) is 15.1. The van der Waals surface area contributed by atoms with Crippen LogP contribution in [0, 0.1) is 5.82 Å². The van der Waals surface area contributed by atoms with Crippen molar-refractivity contribution in [2.75, 3.05) is 20.1 Å². The highest BCUT2D eigenvalue weighted by Gasteiger charge is 2.19. The van der Waals surface area contributed by atoms with Crippen LogP contribution in [0.5, 0.6) is 0 Å². The summed E-state index contributed by atoms with van der Waals surface area (Å²) in [5, 5.41) is 2.95. The van der Waals surface area contributed by atoms with Gasteiger partial charge in [0.2, 0.25) is 5.91 Å². The number of amides is 1. The Morgan fingerprint density at radius 2 is 2.10 bits per heavy atom. The summed E-state index contributed by atoms with van der Waals surface area (Å²) < 4.78 is 12.8. The Labute approximate surface area is 126 Å². The predicted molar refractivity (Wildman–Crippen MR) is 82.6 cm³/mol. The maximum Gasteiger partial charge on any atom is 0.220 e. The third-order valence-electron chi connectivity index (χ3n) is 4.28. The molecule has 21 heavy (non-hydrogen) atoms. The van der Waals surface area contributed by atoms with E-state index in [-0.39, 0.29) is 11.7 Å². The number of likely N-dealkylation sites (tertiary alicyclic amines) is 1. The molecule has 1 atom stereocenters. The lowest BCUT2D eigenvalue weighted by molar-refractivity contribution is -0.121. The predicted octanol–water partition coefficient (Wildman–Crippen LogP) is 2.75. The highest BCUT2D eigenvalue weighted by atomic mass is 19.1. The molecule has 3 nitrogen and oxygen atoms in total. The zero-order valence-electron chi connectivity index (χ0n) is 12.8. The number of benzene rings is 1. The SMILES string of the molecule is CN1CCCC[C@H]1CCC(=O)NCCc1ccc(F)cc1. The topological polar surface area (TPSA) is 32.3 Å². The molecule has 0 unspecified atom stereocenters. The van der Waals surface area contributed by atoms with Crippen molar-refractivity contribution in [2.45, 2.75) is 44.6 Å². The lowest BCUT2D eigenvalue weighted by Gasteiger charge is -2.32. The first-order valence-electron chi connectivity index (χ1n) is 7.86. The van der Waals surface area contributed by atoms with E-state index in [1.807, 2.05) is 0 Å². The van der Waals surface area contributed by atoms with Crippen LogP contribution < -0.4 is 5.32 Å². The Bertz CT molecular complexity index is 447. The molecule has 0 bridgehead atoms. The molecule has 0 aromatic heterocycles. The monoisotopic (exact) mass is 292 g/mol. The first-order chi connectivity index (χ1) is 10.1. The number of nitrogens with zero attached hydrogens (tertiary/aromatic N) is 1. The van der Waals surface area contributed by atoms with Crippen LogP contribution in [-0.2, 0) is 11.2 Å². The molecule has 0 saturated carbocycles. The minimum absolute atomic E-state index is 0.121. The molecular formula is C17H25FN2O. The summed E-state index contributed by atoms with van der Waals surface area (Å²) in [6.45, 7) is 1.77. The van der Waals surface area contributed by atoms with Crippen LogP contribution >= 0.6 is 0 Å². The van der Waals surface area contributed by atoms with Gasteiger partial charge in [0.15, 0.2) is 0 Å². The van der Waals surface area contributed by atoms with E-state index in [9.17, 15) is 9.18 Å². The highest BCUT2D eigenvalue weighted by Crippen LogP contribution is 2.18. The summed E-state index contributed by atoms with van der Waals surface area (Å²) in [4.78, 5) is 14.2. The van der Waals surface area contributed by atoms with Crippen LogP contribution in [0.25, 0.3) is 0 Å². The Morgan fingerprint density at radius 3 is 2.81 bits per heavy atom. The van der Waals surface area contributed by atoms with Gasteiger partial charge in [0.05, 0.1) is 0 Å². The van der Waals surface area contributed by atoms with E-state index >= 15 is 0 Å². The molecule has 1 heterocycles. The van der Waals surface area contributed by atoms with Crippen molar-refractivity contribution >= 4 is 5.91 Å². The van der Waals surface area contributed by atoms with Gasteiger partial charge in [-0.05, 0) is 57.0 Å². The van der Waals surface area contributed by atoms with Crippen molar-refractivity contribution in [3.63, 3.8) is 0 Å². The summed E-state index contributed by atoms with van der Waals surface area (Å²) in [5.74, 6) is -0.101. The number of halogens is 1. The molecular weight excluding hydrogens is 267 g/mol. The molecule has 1 aliphatic heterocycles. The molecule has 1 saturated heterocycles. The van der Waals surface area contributed by atoms with E-state index in [1.165, 1.54) is 31.4 Å². The fraction of sp³-hybridized carbons (Fsp3) is 0.588. The minimum Gasteiger partial charge on any atom is -0.356 e. The first kappa shape index (κ1) is 16.0. The highest BCUT2D eigenvalue weighted by molar-refractivity contribution is 5.75. The third-order valence-corrected chi connectivity index (χ3v) is 4.28. The van der Waals surface area contributed by atoms with Gasteiger partial charge in [0.1, 0.15) is 5.82 Å². The largest absolute Gasteiger partial charge is 0.356 e. The number of carbonyl (C=O) groups excluding carboxylic acids is 1. The van der Waals surface area contributed by atoms with Gasteiger partial charge in [0, 0.05) is 19.0 Å². The van der Waals surface area contributed by atoms with Gasteiger partial charge in [-0.3, -0.25) is 4.79 Å². The molecule has 1 aromatic carbocycles. The van der Waals surface area contributed by atoms with Crippen molar-refractivity contribution in [2.24, 2.45) is 0 Å². The second kappa shape index (κ2) is 8.13. The number of rotatable bonds is 6. The number of hydrogen-bond acceptors (Lipinski definition) is 2. The molecule has 0 aliphatic carbocycles. The van der Waals surface area contributed by atoms with Crippen LogP contribution in [0.3, 0.4) is 0 Å². The van der Waals surface area contributed by atoms with E-state index in [4.69, 9.17) is 0 Å². The molecule has 1 amide bonds. The van der Waals surface area contributed by atoms with Gasteiger partial charge in [-0.1, -0.05) is 18.6 Å². The van der Waals surface area contributed by atoms with Crippen LogP contribution in [0.1, 0.15) is 37.7 Å². The average molecular weight is 292 g/mol. The van der Waals surface area contributed by atoms with Crippen molar-refractivity contribution in [1.82, 2.24) is 10.2 Å². The first-order valence-corrected chi connectivity index (χ1v) is 7.86. The van der Waals surface area contributed by atoms with Crippen molar-refractivity contribution < 1.29 is 9.18 Å². The van der Waals surface area contributed by atoms with Crippen LogP contribution in [0.2, 0.25) is 0 Å². The molecule has 116 valence electrons. The maximum atomic E-state index is 12.8. The third kappa shape index (κ3) is 5.46. The second-order valence-electron chi connectivity index (χ2n) is 5.90. The van der Waals surface area contributed by atoms with Crippen LogP contribution in [0.15, 0.2) is 24.3 Å². The van der Waals surface area contributed by atoms with Crippen molar-refractivity contribution in [3.05, 3.63) is 35.6 Å². The van der Waals surface area contributed by atoms with E-state index < -0.39 is 0 Å². The smallest absolute Gasteiger partial charge is 0.220 e. The Hall–Kier alpha value is -1.42. The lowest BCUT2D eigenvalue weighted by atomic mass is 9.98. The van der Waals surface area contributed by atoms with Gasteiger partial charge < -0.3 is 10.2 Å². The lowest BCUT2D eigenvalue weighted by Crippen LogP contribution is -2.37. The minimum atomic E-state index is -0.223. The van der Waals surface area contributed by atoms with E-state index in [2.05, 4.69) is 17.3 Å². The quantitative estimate of drug-likeness (QED) is 0.874. The fourth-order valence-electron chi connectivity index (χ4n) is 2.89. The molecule has 0 radical (unpaired) electrons. The van der Waals surface area contributed by atoms with Gasteiger partial charge in [0.25, 0.3) is 0 Å². The summed E-state index contributed by atoms with van der Waals surface area (Å²) in [7, 11) is 2.15. The molecule has 4 heteroatoms. The van der Waals surface area contributed by atoms with Crippen molar-refractivity contribution in [3.8, 4) is 0 Å². The molecule has 1 N–H and O–H groups in total. The Balaban J connectivity index is 1.62. The molecule has 1 fully saturated rings. The van der Waals surface area contributed by atoms with E-state index in [1.54, 1.807) is 12.1 Å². The standard InChI is InChI=1S/C17H25FN2O/c1-20-13-3-2-4-16(20)9-10-17(21)19-12-11-14-5-7-15(18)8-6-14/h5-8,16H,2-4,9-13H2,1H3,(H,19,21)/t16-/m0/s1. The normalized spacial score (nSPS) is 19.4. The number of carbonyl (C=O) groups is 1. The van der Waals surface area contributed by atoms with Gasteiger partial charge in [-0.25, -0.2) is 4.39 Å². The molecule has 0 spiro atoms. The average Bonchev–Trinajstić information content (AvgIpc) is 2.48. The maximum absolute atomic E-state index is 12.8. The van der Waals surface area contributed by atoms with Gasteiger partial charge in [-0.2, -0.15) is 0 Å². The van der Waals surface area contributed by atoms with Gasteiger partial charge >= 0.3 is 0 Å². The summed E-state index contributed by atoms with van der Waals surface area (Å²) in [6, 6.07) is 6.99. The summed E-state index contributed by atoms with van der Waals surface area (Å²) in [6.07, 6.45) is 6.05. The molecule has 1 aliphatic rings. The Morgan fingerprint density at radius 1 is 1.33 bits per heavy atom. The molecule has 1 aromatic rings. The second-order valence-corrected chi connectivity index (χ2v) is 5.90. The van der Waals surface area contributed by atoms with Gasteiger partial charge in [-0.15, -0.1) is 0 Å². The zero-order valence-corrected chi connectivity index (χ0v) is 12.8. The van der Waals surface area contributed by atoms with Crippen LogP contribution in [0.4, 0.5) is 4.39 Å². The van der Waals surface area contributed by atoms with E-state index in [0.29, 0.717) is 19.0 Å². The molecule has 2 rings (SSSR count). The number of piperidine rings is 1. The number of hydrogen-bond donors (Lipinski definition) is 1. The summed E-state index contributed by atoms with van der Waals surface area (Å²) >= 11 is 0. The summed E-state index contributed by atoms with van der Waals surface area (Å²) in [5.41, 5.74) is 1.05. The fourth-order valence-corrected chi connectivity index (χ4v) is 2.89. The van der Waals surface area contributed by atoms with Crippen molar-refractivity contribution in [1.29, 1.82) is 0 Å². The van der Waals surface area contributed by atoms with Crippen LogP contribution in [-0.4, -0.2) is 37.0 Å². The number of nitrogens with one attached hydrogen (secondary N) is 1.